The van der Waals surface area contributed by atoms with E-state index in [0.29, 0.717) is 26.3 Å². The van der Waals surface area contributed by atoms with Crippen molar-refractivity contribution in [1.82, 2.24) is 4.90 Å². The summed E-state index contributed by atoms with van der Waals surface area (Å²) in [5, 5.41) is 0. The number of carbonyl (C=O) groups is 1. The SMILES string of the molecule is CC(C)(C)OC(=O)N1CCC(OCC2COC(C)(C)O2)CC1. The lowest BCUT2D eigenvalue weighted by Crippen LogP contribution is -2.43. The summed E-state index contributed by atoms with van der Waals surface area (Å²) in [6.45, 7) is 11.9. The number of hydrogen-bond donors (Lipinski definition) is 0. The van der Waals surface area contributed by atoms with E-state index < -0.39 is 11.4 Å². The van der Waals surface area contributed by atoms with Gasteiger partial charge >= 0.3 is 6.09 Å². The molecule has 2 saturated heterocycles. The van der Waals surface area contributed by atoms with Gasteiger partial charge in [0, 0.05) is 13.1 Å². The number of rotatable bonds is 3. The smallest absolute Gasteiger partial charge is 0.410 e. The number of piperidine rings is 1. The van der Waals surface area contributed by atoms with E-state index in [2.05, 4.69) is 0 Å². The average Bonchev–Trinajstić information content (AvgIpc) is 2.74. The monoisotopic (exact) mass is 315 g/mol. The van der Waals surface area contributed by atoms with Crippen LogP contribution in [0.15, 0.2) is 0 Å². The van der Waals surface area contributed by atoms with E-state index in [1.807, 2.05) is 34.6 Å². The Bertz CT molecular complexity index is 382. The van der Waals surface area contributed by atoms with Crippen LogP contribution in [0.2, 0.25) is 0 Å². The molecule has 0 aromatic rings. The molecule has 2 aliphatic heterocycles. The van der Waals surface area contributed by atoms with E-state index in [1.54, 1.807) is 4.90 Å². The maximum atomic E-state index is 12.0. The van der Waals surface area contributed by atoms with Gasteiger partial charge in [0.1, 0.15) is 11.7 Å². The lowest BCUT2D eigenvalue weighted by molar-refractivity contribution is -0.149. The van der Waals surface area contributed by atoms with Gasteiger partial charge in [-0.25, -0.2) is 4.79 Å². The predicted molar refractivity (Wildman–Crippen MR) is 81.7 cm³/mol. The second-order valence-corrected chi connectivity index (χ2v) is 7.45. The third-order valence-corrected chi connectivity index (χ3v) is 3.68. The largest absolute Gasteiger partial charge is 0.444 e. The minimum Gasteiger partial charge on any atom is -0.444 e. The normalized spacial score (nSPS) is 26.2. The van der Waals surface area contributed by atoms with Crippen molar-refractivity contribution in [3.05, 3.63) is 0 Å². The van der Waals surface area contributed by atoms with Gasteiger partial charge in [0.15, 0.2) is 5.79 Å². The van der Waals surface area contributed by atoms with Crippen molar-refractivity contribution < 1.29 is 23.7 Å². The first-order chi connectivity index (χ1) is 10.1. The molecule has 0 aromatic carbocycles. The molecule has 0 aliphatic carbocycles. The maximum absolute atomic E-state index is 12.0. The summed E-state index contributed by atoms with van der Waals surface area (Å²) in [7, 11) is 0. The quantitative estimate of drug-likeness (QED) is 0.801. The third kappa shape index (κ3) is 5.41. The molecule has 2 fully saturated rings. The first-order valence-electron chi connectivity index (χ1n) is 8.06. The zero-order chi connectivity index (χ0) is 16.4. The molecule has 22 heavy (non-hydrogen) atoms. The molecule has 2 rings (SSSR count). The fourth-order valence-corrected chi connectivity index (χ4v) is 2.62. The van der Waals surface area contributed by atoms with Crippen LogP contribution in [0.25, 0.3) is 0 Å². The Hall–Kier alpha value is -0.850. The van der Waals surface area contributed by atoms with E-state index in [4.69, 9.17) is 18.9 Å². The standard InChI is InChI=1S/C16H29NO5/c1-15(2,3)22-14(18)17-8-6-12(7-9-17)19-10-13-11-20-16(4,5)21-13/h12-13H,6-11H2,1-5H3. The molecule has 128 valence electrons. The topological polar surface area (TPSA) is 57.2 Å². The highest BCUT2D eigenvalue weighted by molar-refractivity contribution is 5.68. The van der Waals surface area contributed by atoms with Crippen LogP contribution in [0, 0.1) is 0 Å². The molecule has 0 N–H and O–H groups in total. The molecule has 0 radical (unpaired) electrons. The number of nitrogens with zero attached hydrogens (tertiary/aromatic N) is 1. The van der Waals surface area contributed by atoms with Crippen molar-refractivity contribution in [3.63, 3.8) is 0 Å². The Morgan fingerprint density at radius 2 is 1.91 bits per heavy atom. The molecule has 0 saturated carbocycles. The molecule has 1 unspecified atom stereocenters. The maximum Gasteiger partial charge on any atom is 0.410 e. The molecule has 0 aromatic heterocycles. The first kappa shape index (κ1) is 17.5. The highest BCUT2D eigenvalue weighted by atomic mass is 16.7. The Balaban J connectivity index is 1.66. The van der Waals surface area contributed by atoms with Crippen molar-refractivity contribution in [3.8, 4) is 0 Å². The number of hydrogen-bond acceptors (Lipinski definition) is 5. The molecule has 6 nitrogen and oxygen atoms in total. The van der Waals surface area contributed by atoms with Crippen LogP contribution >= 0.6 is 0 Å². The van der Waals surface area contributed by atoms with Crippen molar-refractivity contribution >= 4 is 6.09 Å². The van der Waals surface area contributed by atoms with Gasteiger partial charge in [-0.05, 0) is 47.5 Å². The van der Waals surface area contributed by atoms with Crippen molar-refractivity contribution in [2.45, 2.75) is 71.1 Å². The van der Waals surface area contributed by atoms with E-state index in [-0.39, 0.29) is 18.3 Å². The summed E-state index contributed by atoms with van der Waals surface area (Å²) in [5.41, 5.74) is -0.447. The van der Waals surface area contributed by atoms with Gasteiger partial charge in [0.05, 0.1) is 19.3 Å². The number of ether oxygens (including phenoxy) is 4. The molecule has 2 heterocycles. The van der Waals surface area contributed by atoms with Gasteiger partial charge < -0.3 is 23.8 Å². The van der Waals surface area contributed by atoms with Crippen LogP contribution in [-0.2, 0) is 18.9 Å². The van der Waals surface area contributed by atoms with Crippen LogP contribution in [0.1, 0.15) is 47.5 Å². The Kier molecular flexibility index (Phi) is 5.35. The zero-order valence-corrected chi connectivity index (χ0v) is 14.4. The zero-order valence-electron chi connectivity index (χ0n) is 14.4. The summed E-state index contributed by atoms with van der Waals surface area (Å²) in [6, 6.07) is 0. The highest BCUT2D eigenvalue weighted by Gasteiger charge is 2.34. The summed E-state index contributed by atoms with van der Waals surface area (Å²) in [5.74, 6) is -0.506. The Morgan fingerprint density at radius 3 is 2.41 bits per heavy atom. The molecule has 6 heteroatoms. The van der Waals surface area contributed by atoms with Gasteiger partial charge in [-0.1, -0.05) is 0 Å². The molecule has 2 aliphatic rings. The lowest BCUT2D eigenvalue weighted by Gasteiger charge is -2.33. The highest BCUT2D eigenvalue weighted by Crippen LogP contribution is 2.24. The minimum atomic E-state index is -0.506. The molecule has 0 spiro atoms. The van der Waals surface area contributed by atoms with Crippen molar-refractivity contribution in [2.24, 2.45) is 0 Å². The van der Waals surface area contributed by atoms with Gasteiger partial charge in [0.2, 0.25) is 0 Å². The second-order valence-electron chi connectivity index (χ2n) is 7.45. The Labute approximate surface area is 133 Å². The Morgan fingerprint density at radius 1 is 1.27 bits per heavy atom. The van der Waals surface area contributed by atoms with Gasteiger partial charge in [-0.3, -0.25) is 0 Å². The summed E-state index contributed by atoms with van der Waals surface area (Å²) >= 11 is 0. The lowest BCUT2D eigenvalue weighted by atomic mass is 10.1. The van der Waals surface area contributed by atoms with Crippen LogP contribution < -0.4 is 0 Å². The number of carbonyl (C=O) groups excluding carboxylic acids is 1. The molecule has 0 bridgehead atoms. The van der Waals surface area contributed by atoms with Crippen LogP contribution in [0.3, 0.4) is 0 Å². The molecule has 1 amide bonds. The van der Waals surface area contributed by atoms with Crippen LogP contribution in [0.5, 0.6) is 0 Å². The fraction of sp³-hybridized carbons (Fsp3) is 0.938. The average molecular weight is 315 g/mol. The van der Waals surface area contributed by atoms with Gasteiger partial charge in [-0.2, -0.15) is 0 Å². The predicted octanol–water partition coefficient (Wildman–Crippen LogP) is 2.55. The molecule has 1 atom stereocenters. The summed E-state index contributed by atoms with van der Waals surface area (Å²) in [6.07, 6.45) is 1.59. The van der Waals surface area contributed by atoms with E-state index in [1.165, 1.54) is 0 Å². The van der Waals surface area contributed by atoms with Crippen LogP contribution in [0.4, 0.5) is 4.79 Å². The fourth-order valence-electron chi connectivity index (χ4n) is 2.62. The van der Waals surface area contributed by atoms with E-state index in [9.17, 15) is 4.79 Å². The summed E-state index contributed by atoms with van der Waals surface area (Å²) in [4.78, 5) is 13.7. The molecular formula is C16H29NO5. The summed E-state index contributed by atoms with van der Waals surface area (Å²) < 4.78 is 22.5. The third-order valence-electron chi connectivity index (χ3n) is 3.68. The van der Waals surface area contributed by atoms with Gasteiger partial charge in [-0.15, -0.1) is 0 Å². The number of amides is 1. The molecular weight excluding hydrogens is 286 g/mol. The first-order valence-corrected chi connectivity index (χ1v) is 8.06. The van der Waals surface area contributed by atoms with E-state index in [0.717, 1.165) is 12.8 Å². The number of likely N-dealkylation sites (tertiary alicyclic amines) is 1. The second kappa shape index (κ2) is 6.72. The van der Waals surface area contributed by atoms with Crippen molar-refractivity contribution in [1.29, 1.82) is 0 Å². The van der Waals surface area contributed by atoms with Crippen LogP contribution in [-0.4, -0.2) is 60.9 Å². The van der Waals surface area contributed by atoms with Crippen molar-refractivity contribution in [2.75, 3.05) is 26.3 Å². The minimum absolute atomic E-state index is 0.00103. The van der Waals surface area contributed by atoms with Gasteiger partial charge in [0.25, 0.3) is 0 Å². The van der Waals surface area contributed by atoms with E-state index >= 15 is 0 Å².